The zero-order valence-electron chi connectivity index (χ0n) is 20.7. The minimum atomic E-state index is -0.570. The molecule has 0 aliphatic carbocycles. The van der Waals surface area contributed by atoms with E-state index >= 15 is 0 Å². The van der Waals surface area contributed by atoms with Gasteiger partial charge in [-0.15, -0.1) is 10.2 Å². The van der Waals surface area contributed by atoms with E-state index in [1.807, 2.05) is 6.07 Å². The maximum absolute atomic E-state index is 13.2. The first kappa shape index (κ1) is 24.8. The predicted molar refractivity (Wildman–Crippen MR) is 141 cm³/mol. The Balaban J connectivity index is 1.63. The van der Waals surface area contributed by atoms with Crippen LogP contribution >= 0.6 is 0 Å². The molecule has 1 amide bonds. The number of rotatable bonds is 7. The predicted octanol–water partition coefficient (Wildman–Crippen LogP) is 5.08. The SMILES string of the molecule is COc1ccc(NC(=O)c2cc3cccc(OC)c3c(/N=N/c3c(C#N)cnn3-c3ncccn3)c2O)cc1. The number of hydrogen-bond acceptors (Lipinski definition) is 10. The first-order valence-electron chi connectivity index (χ1n) is 11.5. The Kier molecular flexibility index (Phi) is 6.79. The van der Waals surface area contributed by atoms with Crippen LogP contribution in [0.25, 0.3) is 16.7 Å². The highest BCUT2D eigenvalue weighted by atomic mass is 16.5. The molecular formula is C27H20N8O4. The highest BCUT2D eigenvalue weighted by Crippen LogP contribution is 2.44. The molecule has 0 spiro atoms. The molecule has 5 rings (SSSR count). The van der Waals surface area contributed by atoms with Gasteiger partial charge in [-0.3, -0.25) is 4.79 Å². The van der Waals surface area contributed by atoms with E-state index in [1.54, 1.807) is 55.6 Å². The molecule has 0 atom stereocenters. The van der Waals surface area contributed by atoms with Crippen LogP contribution in [0.5, 0.6) is 17.2 Å². The van der Waals surface area contributed by atoms with Crippen LogP contribution < -0.4 is 14.8 Å². The maximum Gasteiger partial charge on any atom is 0.259 e. The number of aromatic hydroxyl groups is 1. The van der Waals surface area contributed by atoms with E-state index in [-0.39, 0.29) is 28.6 Å². The number of phenols is 1. The van der Waals surface area contributed by atoms with Crippen molar-refractivity contribution >= 4 is 33.9 Å². The number of phenolic OH excluding ortho intramolecular Hbond substituents is 1. The minimum absolute atomic E-state index is 0.0320. The van der Waals surface area contributed by atoms with Crippen molar-refractivity contribution in [1.29, 1.82) is 5.26 Å². The number of amides is 1. The van der Waals surface area contributed by atoms with Gasteiger partial charge in [0, 0.05) is 18.1 Å². The fourth-order valence-electron chi connectivity index (χ4n) is 3.87. The van der Waals surface area contributed by atoms with Gasteiger partial charge in [-0.1, -0.05) is 12.1 Å². The second-order valence-corrected chi connectivity index (χ2v) is 8.02. The molecule has 0 aliphatic rings. The fraction of sp³-hybridized carbons (Fsp3) is 0.0741. The topological polar surface area (TPSA) is 160 Å². The number of nitrogens with one attached hydrogen (secondary N) is 1. The highest BCUT2D eigenvalue weighted by molar-refractivity contribution is 6.12. The smallest absolute Gasteiger partial charge is 0.259 e. The van der Waals surface area contributed by atoms with E-state index in [0.717, 1.165) is 0 Å². The number of fused-ring (bicyclic) bond motifs is 1. The van der Waals surface area contributed by atoms with Crippen molar-refractivity contribution in [2.75, 3.05) is 19.5 Å². The number of hydrogen-bond donors (Lipinski definition) is 2. The summed E-state index contributed by atoms with van der Waals surface area (Å²) in [7, 11) is 3.02. The van der Waals surface area contributed by atoms with Crippen molar-refractivity contribution in [2.24, 2.45) is 10.2 Å². The van der Waals surface area contributed by atoms with Crippen molar-refractivity contribution in [3.05, 3.63) is 84.3 Å². The number of nitriles is 1. The zero-order chi connectivity index (χ0) is 27.4. The largest absolute Gasteiger partial charge is 0.505 e. The second-order valence-electron chi connectivity index (χ2n) is 8.02. The van der Waals surface area contributed by atoms with E-state index in [9.17, 15) is 15.2 Å². The van der Waals surface area contributed by atoms with Gasteiger partial charge in [-0.05, 0) is 47.9 Å². The monoisotopic (exact) mass is 520 g/mol. The molecular weight excluding hydrogens is 500 g/mol. The van der Waals surface area contributed by atoms with Gasteiger partial charge in [-0.2, -0.15) is 15.0 Å². The lowest BCUT2D eigenvalue weighted by Crippen LogP contribution is -2.12. The van der Waals surface area contributed by atoms with Crippen LogP contribution in [0.3, 0.4) is 0 Å². The molecule has 2 heterocycles. The summed E-state index contributed by atoms with van der Waals surface area (Å²) in [6, 6.07) is 17.1. The van der Waals surface area contributed by atoms with Crippen molar-refractivity contribution in [2.45, 2.75) is 0 Å². The number of methoxy groups -OCH3 is 2. The van der Waals surface area contributed by atoms with Crippen LogP contribution in [-0.4, -0.2) is 45.0 Å². The quantitative estimate of drug-likeness (QED) is 0.281. The molecule has 5 aromatic rings. The molecule has 12 heteroatoms. The summed E-state index contributed by atoms with van der Waals surface area (Å²) < 4.78 is 11.9. The lowest BCUT2D eigenvalue weighted by molar-refractivity contribution is 0.102. The molecule has 2 aromatic heterocycles. The molecule has 0 bridgehead atoms. The number of benzene rings is 3. The van der Waals surface area contributed by atoms with Gasteiger partial charge in [0.05, 0.1) is 31.4 Å². The minimum Gasteiger partial charge on any atom is -0.505 e. The van der Waals surface area contributed by atoms with Gasteiger partial charge >= 0.3 is 0 Å². The third kappa shape index (κ3) is 4.79. The summed E-state index contributed by atoms with van der Waals surface area (Å²) in [5.74, 6) is 0.250. The molecule has 0 saturated carbocycles. The van der Waals surface area contributed by atoms with E-state index in [4.69, 9.17) is 9.47 Å². The summed E-state index contributed by atoms with van der Waals surface area (Å²) in [4.78, 5) is 21.5. The van der Waals surface area contributed by atoms with Crippen LogP contribution in [0, 0.1) is 11.3 Å². The number of ether oxygens (including phenoxy) is 2. The normalized spacial score (nSPS) is 10.9. The van der Waals surface area contributed by atoms with Crippen LogP contribution in [0.4, 0.5) is 17.2 Å². The Morgan fingerprint density at radius 2 is 1.82 bits per heavy atom. The van der Waals surface area contributed by atoms with Gasteiger partial charge < -0.3 is 19.9 Å². The molecule has 2 N–H and O–H groups in total. The second kappa shape index (κ2) is 10.7. The number of anilines is 1. The number of carbonyl (C=O) groups excluding carboxylic acids is 1. The Bertz CT molecular complexity index is 1740. The third-order valence-corrected chi connectivity index (χ3v) is 5.74. The molecule has 0 aliphatic heterocycles. The van der Waals surface area contributed by atoms with E-state index in [2.05, 4.69) is 30.6 Å². The number of azo groups is 1. The summed E-state index contributed by atoms with van der Waals surface area (Å²) in [5, 5.41) is 37.3. The third-order valence-electron chi connectivity index (χ3n) is 5.74. The molecule has 192 valence electrons. The van der Waals surface area contributed by atoms with Crippen molar-refractivity contribution in [3.63, 3.8) is 0 Å². The van der Waals surface area contributed by atoms with Gasteiger partial charge in [0.25, 0.3) is 11.9 Å². The highest BCUT2D eigenvalue weighted by Gasteiger charge is 2.22. The Morgan fingerprint density at radius 1 is 1.05 bits per heavy atom. The molecule has 3 aromatic carbocycles. The van der Waals surface area contributed by atoms with E-state index in [1.165, 1.54) is 36.4 Å². The van der Waals surface area contributed by atoms with Crippen molar-refractivity contribution in [1.82, 2.24) is 19.7 Å². The summed E-state index contributed by atoms with van der Waals surface area (Å²) in [6.07, 6.45) is 4.35. The summed E-state index contributed by atoms with van der Waals surface area (Å²) in [6.45, 7) is 0. The summed E-state index contributed by atoms with van der Waals surface area (Å²) in [5.41, 5.74) is 0.534. The van der Waals surface area contributed by atoms with Crippen LogP contribution in [0.15, 0.2) is 83.4 Å². The molecule has 12 nitrogen and oxygen atoms in total. The maximum atomic E-state index is 13.2. The Morgan fingerprint density at radius 3 is 2.51 bits per heavy atom. The molecule has 39 heavy (non-hydrogen) atoms. The van der Waals surface area contributed by atoms with Crippen LogP contribution in [0.2, 0.25) is 0 Å². The van der Waals surface area contributed by atoms with Crippen molar-refractivity contribution < 1.29 is 19.4 Å². The van der Waals surface area contributed by atoms with Gasteiger partial charge in [0.2, 0.25) is 0 Å². The Hall–Kier alpha value is -5.83. The first-order chi connectivity index (χ1) is 19.0. The first-order valence-corrected chi connectivity index (χ1v) is 11.5. The molecule has 0 fully saturated rings. The van der Waals surface area contributed by atoms with Gasteiger partial charge in [0.15, 0.2) is 11.6 Å². The van der Waals surface area contributed by atoms with Crippen molar-refractivity contribution in [3.8, 4) is 29.3 Å². The van der Waals surface area contributed by atoms with E-state index in [0.29, 0.717) is 28.0 Å². The Labute approximate surface area is 221 Å². The number of carbonyl (C=O) groups is 1. The van der Waals surface area contributed by atoms with Crippen LogP contribution in [-0.2, 0) is 0 Å². The number of aromatic nitrogens is 4. The van der Waals surface area contributed by atoms with Gasteiger partial charge in [0.1, 0.15) is 28.8 Å². The average molecular weight is 521 g/mol. The van der Waals surface area contributed by atoms with E-state index < -0.39 is 11.7 Å². The lowest BCUT2D eigenvalue weighted by Gasteiger charge is -2.13. The summed E-state index contributed by atoms with van der Waals surface area (Å²) >= 11 is 0. The zero-order valence-corrected chi connectivity index (χ0v) is 20.7. The van der Waals surface area contributed by atoms with Crippen LogP contribution in [0.1, 0.15) is 15.9 Å². The molecule has 0 saturated heterocycles. The standard InChI is InChI=1S/C27H20N8O4/c1-38-19-9-7-18(8-10-19)32-26(37)20-13-16-5-3-6-21(39-2)22(16)23(24(20)36)33-34-25-17(14-28)15-31-35(25)27-29-11-4-12-30-27/h3-13,15,36H,1-2H3,(H,32,37)/b34-33+. The fourth-order valence-corrected chi connectivity index (χ4v) is 3.87. The lowest BCUT2D eigenvalue weighted by atomic mass is 10.0. The molecule has 0 unspecified atom stereocenters. The number of nitrogens with zero attached hydrogens (tertiary/aromatic N) is 7. The van der Waals surface area contributed by atoms with Gasteiger partial charge in [-0.25, -0.2) is 9.97 Å². The average Bonchev–Trinajstić information content (AvgIpc) is 3.39. The molecule has 0 radical (unpaired) electrons.